The minimum atomic E-state index is -0.683. The monoisotopic (exact) mass is 529 g/mol. The molecule has 0 aliphatic carbocycles. The Morgan fingerprint density at radius 3 is 2.03 bits per heavy atom. The first kappa shape index (κ1) is 35.0. The second kappa shape index (κ2) is 19.2. The molecule has 0 aromatic rings. The molecule has 0 unspecified atom stereocenters. The van der Waals surface area contributed by atoms with Crippen LogP contribution in [0.1, 0.15) is 73.6 Å². The van der Waals surface area contributed by atoms with Crippen molar-refractivity contribution < 1.29 is 38.1 Å². The van der Waals surface area contributed by atoms with Crippen molar-refractivity contribution in [2.45, 2.75) is 104 Å². The first-order chi connectivity index (χ1) is 17.5. The van der Waals surface area contributed by atoms with Gasteiger partial charge in [0.15, 0.2) is 6.10 Å². The summed E-state index contributed by atoms with van der Waals surface area (Å²) in [6.45, 7) is 11.5. The molecular weight excluding hydrogens is 478 g/mol. The fraction of sp³-hybridized carbons (Fsp3) is 0.821. The van der Waals surface area contributed by atoms with Crippen molar-refractivity contribution in [3.63, 3.8) is 0 Å². The second-order valence-corrected chi connectivity index (χ2v) is 9.82. The summed E-state index contributed by atoms with van der Waals surface area (Å²) in [4.78, 5) is 36.8. The second-order valence-electron chi connectivity index (χ2n) is 9.82. The lowest BCUT2D eigenvalue weighted by atomic mass is 9.84. The number of hydrogen-bond acceptors (Lipinski definition) is 8. The molecule has 9 nitrogen and oxygen atoms in total. The van der Waals surface area contributed by atoms with Gasteiger partial charge in [0, 0.05) is 59.3 Å². The van der Waals surface area contributed by atoms with Gasteiger partial charge in [0.25, 0.3) is 0 Å². The van der Waals surface area contributed by atoms with Gasteiger partial charge in [-0.25, -0.2) is 4.79 Å². The Morgan fingerprint density at radius 2 is 1.54 bits per heavy atom. The third kappa shape index (κ3) is 12.9. The van der Waals surface area contributed by atoms with E-state index in [4.69, 9.17) is 23.7 Å². The maximum atomic E-state index is 12.7. The highest BCUT2D eigenvalue weighted by Crippen LogP contribution is 2.29. The van der Waals surface area contributed by atoms with Crippen LogP contribution in [-0.2, 0) is 38.1 Å². The van der Waals surface area contributed by atoms with Gasteiger partial charge in [0.05, 0.1) is 12.2 Å². The number of carbonyl (C=O) groups is 3. The van der Waals surface area contributed by atoms with Crippen molar-refractivity contribution in [3.8, 4) is 0 Å². The summed E-state index contributed by atoms with van der Waals surface area (Å²) in [6.07, 6.45) is 5.65. The van der Waals surface area contributed by atoms with E-state index in [2.05, 4.69) is 6.92 Å². The molecule has 0 aromatic heterocycles. The van der Waals surface area contributed by atoms with E-state index in [0.29, 0.717) is 25.7 Å². The Morgan fingerprint density at radius 1 is 0.892 bits per heavy atom. The molecule has 8 atom stereocenters. The molecule has 0 aromatic carbocycles. The van der Waals surface area contributed by atoms with E-state index in [1.807, 2.05) is 26.8 Å². The lowest BCUT2D eigenvalue weighted by molar-refractivity contribution is -0.166. The van der Waals surface area contributed by atoms with Gasteiger partial charge in [0.2, 0.25) is 6.41 Å². The van der Waals surface area contributed by atoms with E-state index in [-0.39, 0.29) is 42.0 Å². The van der Waals surface area contributed by atoms with E-state index < -0.39 is 18.2 Å². The molecule has 0 rings (SSSR count). The fourth-order valence-electron chi connectivity index (χ4n) is 4.31. The van der Waals surface area contributed by atoms with Crippen LogP contribution in [0.25, 0.3) is 0 Å². The van der Waals surface area contributed by atoms with Crippen molar-refractivity contribution in [2.24, 2.45) is 17.8 Å². The van der Waals surface area contributed by atoms with Gasteiger partial charge in [-0.3, -0.25) is 9.59 Å². The molecule has 216 valence electrons. The van der Waals surface area contributed by atoms with Crippen LogP contribution in [0.15, 0.2) is 12.3 Å². The number of hydrogen-bond donors (Lipinski definition) is 0. The van der Waals surface area contributed by atoms with Crippen LogP contribution >= 0.6 is 0 Å². The Hall–Kier alpha value is -1.97. The summed E-state index contributed by atoms with van der Waals surface area (Å²) in [7, 11) is 6.44. The number of carbonyl (C=O) groups excluding carboxylic acids is 3. The Kier molecular flexibility index (Phi) is 18.1. The summed E-state index contributed by atoms with van der Waals surface area (Å²) in [5, 5.41) is 0. The van der Waals surface area contributed by atoms with E-state index in [1.54, 1.807) is 41.3 Å². The van der Waals surface area contributed by atoms with Crippen molar-refractivity contribution in [3.05, 3.63) is 12.3 Å². The average Bonchev–Trinajstić information content (AvgIpc) is 2.90. The van der Waals surface area contributed by atoms with Crippen molar-refractivity contribution in [1.82, 2.24) is 4.90 Å². The predicted octanol–water partition coefficient (Wildman–Crippen LogP) is 4.38. The summed E-state index contributed by atoms with van der Waals surface area (Å²) in [5.74, 6) is -0.679. The van der Waals surface area contributed by atoms with E-state index in [9.17, 15) is 14.4 Å². The molecule has 0 bridgehead atoms. The summed E-state index contributed by atoms with van der Waals surface area (Å²) in [5.41, 5.74) is 0. The van der Waals surface area contributed by atoms with Gasteiger partial charge in [-0.2, -0.15) is 0 Å². The lowest BCUT2D eigenvalue weighted by Gasteiger charge is -2.34. The average molecular weight is 530 g/mol. The standard InChI is InChI=1S/C28H51NO8/c1-11-23(36-26(31)12-2)17-25(34-9)19(3)13-14-24(37-28(32)22(6)33-8)21(5)27(35-10)20(4)15-16-29(7)18-30/h15-16,18-25,27H,11-14,17H2,1-10H3/b16-15+/t19-,20+,21-,22+,23+,24+,25-,27+/m0/s1. The molecular formula is C28H51NO8. The van der Waals surface area contributed by atoms with Gasteiger partial charge in [-0.1, -0.05) is 40.7 Å². The first-order valence-corrected chi connectivity index (χ1v) is 13.3. The minimum Gasteiger partial charge on any atom is -0.462 e. The summed E-state index contributed by atoms with van der Waals surface area (Å²) >= 11 is 0. The minimum absolute atomic E-state index is 0.0360. The number of amides is 1. The van der Waals surface area contributed by atoms with Crippen molar-refractivity contribution >= 4 is 18.3 Å². The van der Waals surface area contributed by atoms with Crippen LogP contribution in [0.4, 0.5) is 0 Å². The van der Waals surface area contributed by atoms with Crippen molar-refractivity contribution in [2.75, 3.05) is 28.4 Å². The lowest BCUT2D eigenvalue weighted by Crippen LogP contribution is -2.40. The molecule has 0 N–H and O–H groups in total. The van der Waals surface area contributed by atoms with E-state index in [1.165, 1.54) is 12.0 Å². The molecule has 37 heavy (non-hydrogen) atoms. The van der Waals surface area contributed by atoms with Gasteiger partial charge in [-0.15, -0.1) is 0 Å². The Labute approximate surface area is 224 Å². The molecule has 0 fully saturated rings. The molecule has 9 heteroatoms. The van der Waals surface area contributed by atoms with Crippen LogP contribution in [0.2, 0.25) is 0 Å². The molecule has 0 radical (unpaired) electrons. The quantitative estimate of drug-likeness (QED) is 0.169. The summed E-state index contributed by atoms with van der Waals surface area (Å²) < 4.78 is 28.3. The largest absolute Gasteiger partial charge is 0.462 e. The van der Waals surface area contributed by atoms with Crippen LogP contribution in [0.3, 0.4) is 0 Å². The molecule has 0 saturated carbocycles. The van der Waals surface area contributed by atoms with Crippen LogP contribution in [-0.4, -0.2) is 82.1 Å². The van der Waals surface area contributed by atoms with Gasteiger partial charge in [-0.05, 0) is 32.1 Å². The first-order valence-electron chi connectivity index (χ1n) is 13.3. The van der Waals surface area contributed by atoms with Crippen LogP contribution in [0, 0.1) is 17.8 Å². The fourth-order valence-corrected chi connectivity index (χ4v) is 4.31. The molecule has 0 saturated heterocycles. The zero-order valence-electron chi connectivity index (χ0n) is 24.6. The number of nitrogens with zero attached hydrogens (tertiary/aromatic N) is 1. The Balaban J connectivity index is 5.59. The third-order valence-corrected chi connectivity index (χ3v) is 7.02. The highest BCUT2D eigenvalue weighted by atomic mass is 16.6. The van der Waals surface area contributed by atoms with Crippen LogP contribution < -0.4 is 0 Å². The normalized spacial score (nSPS) is 18.2. The highest BCUT2D eigenvalue weighted by molar-refractivity contribution is 5.74. The van der Waals surface area contributed by atoms with E-state index >= 15 is 0 Å². The number of methoxy groups -OCH3 is 3. The van der Waals surface area contributed by atoms with Crippen LogP contribution in [0.5, 0.6) is 0 Å². The molecule has 0 spiro atoms. The Bertz CT molecular complexity index is 685. The zero-order chi connectivity index (χ0) is 28.5. The topological polar surface area (TPSA) is 101 Å². The van der Waals surface area contributed by atoms with Gasteiger partial charge >= 0.3 is 11.9 Å². The molecule has 0 aliphatic rings. The number of rotatable bonds is 20. The van der Waals surface area contributed by atoms with E-state index in [0.717, 1.165) is 12.8 Å². The molecule has 0 aliphatic heterocycles. The van der Waals surface area contributed by atoms with Gasteiger partial charge < -0.3 is 28.6 Å². The molecule has 0 heterocycles. The number of esters is 2. The third-order valence-electron chi connectivity index (χ3n) is 7.02. The molecule has 1 amide bonds. The summed E-state index contributed by atoms with van der Waals surface area (Å²) in [6, 6.07) is 0. The SMILES string of the molecule is CCC(=O)O[C@H](CC)C[C@H](OC)[C@@H](C)CC[C@@H](OC(=O)[C@@H](C)OC)[C@H](C)[C@H](OC)[C@H](C)/C=C/N(C)C=O. The maximum absolute atomic E-state index is 12.7. The smallest absolute Gasteiger partial charge is 0.335 e. The van der Waals surface area contributed by atoms with Crippen molar-refractivity contribution in [1.29, 1.82) is 0 Å². The maximum Gasteiger partial charge on any atom is 0.335 e. The number of ether oxygens (including phenoxy) is 5. The van der Waals surface area contributed by atoms with Gasteiger partial charge in [0.1, 0.15) is 12.2 Å². The predicted molar refractivity (Wildman–Crippen MR) is 143 cm³/mol. The highest BCUT2D eigenvalue weighted by Gasteiger charge is 2.34. The zero-order valence-corrected chi connectivity index (χ0v) is 24.6.